The maximum Gasteiger partial charge on any atom is 0.350 e. The van der Waals surface area contributed by atoms with Gasteiger partial charge in [-0.2, -0.15) is 11.8 Å². The lowest BCUT2D eigenvalue weighted by atomic mass is 10.1. The molecule has 2 amide bonds. The van der Waals surface area contributed by atoms with Crippen molar-refractivity contribution in [1.29, 1.82) is 0 Å². The number of nitrogens with one attached hydrogen (secondary N) is 1. The number of urea groups is 1. The first-order valence-corrected chi connectivity index (χ1v) is 5.18. The first-order valence-electron chi connectivity index (χ1n) is 4.03. The molecule has 2 saturated heterocycles. The van der Waals surface area contributed by atoms with Gasteiger partial charge in [0.25, 0.3) is 0 Å². The lowest BCUT2D eigenvalue weighted by Gasteiger charge is -2.32. The molecule has 13 heavy (non-hydrogen) atoms. The normalized spacial score (nSPS) is 38.7. The van der Waals surface area contributed by atoms with Crippen LogP contribution in [0.4, 0.5) is 4.79 Å². The highest BCUT2D eigenvalue weighted by Crippen LogP contribution is 2.37. The van der Waals surface area contributed by atoms with Gasteiger partial charge in [0.1, 0.15) is 5.66 Å². The third kappa shape index (κ3) is 0.925. The Morgan fingerprint density at radius 2 is 2.38 bits per heavy atom. The van der Waals surface area contributed by atoms with Gasteiger partial charge < -0.3 is 0 Å². The van der Waals surface area contributed by atoms with Gasteiger partial charge in [0.05, 0.1) is 6.04 Å². The standard InChI is InChI=1S/C6H13N5OS/c1-9-6-3-13-2-4(6)10(7)5(12)11(6)8/h4,9H,2-3,7-8H2,1H3/t4-,6+/m1/s1. The fraction of sp³-hybridized carbons (Fsp3) is 0.833. The van der Waals surface area contributed by atoms with Crippen LogP contribution in [-0.2, 0) is 0 Å². The fourth-order valence-electron chi connectivity index (χ4n) is 1.89. The number of carbonyl (C=O) groups excluding carboxylic acids is 1. The predicted molar refractivity (Wildman–Crippen MR) is 50.4 cm³/mol. The van der Waals surface area contributed by atoms with Crippen molar-refractivity contribution in [2.45, 2.75) is 11.7 Å². The Bertz CT molecular complexity index is 249. The lowest BCUT2D eigenvalue weighted by Crippen LogP contribution is -2.63. The first kappa shape index (κ1) is 9.07. The second-order valence-electron chi connectivity index (χ2n) is 3.27. The van der Waals surface area contributed by atoms with Crippen LogP contribution >= 0.6 is 11.8 Å². The molecule has 74 valence electrons. The van der Waals surface area contributed by atoms with Gasteiger partial charge in [-0.15, -0.1) is 0 Å². The van der Waals surface area contributed by atoms with Crippen molar-refractivity contribution in [2.75, 3.05) is 18.6 Å². The van der Waals surface area contributed by atoms with E-state index in [0.717, 1.165) is 11.5 Å². The average molecular weight is 203 g/mol. The van der Waals surface area contributed by atoms with Crippen LogP contribution in [0.2, 0.25) is 0 Å². The minimum absolute atomic E-state index is 0.0278. The molecule has 0 aromatic rings. The number of thioether (sulfide) groups is 1. The van der Waals surface area contributed by atoms with Gasteiger partial charge >= 0.3 is 6.03 Å². The molecule has 2 aliphatic rings. The zero-order chi connectivity index (χ0) is 9.64. The zero-order valence-electron chi connectivity index (χ0n) is 7.36. The van der Waals surface area contributed by atoms with Crippen LogP contribution in [0, 0.1) is 0 Å². The van der Waals surface area contributed by atoms with E-state index in [1.165, 1.54) is 10.0 Å². The molecule has 0 radical (unpaired) electrons. The van der Waals surface area contributed by atoms with Gasteiger partial charge in [-0.05, 0) is 7.05 Å². The maximum atomic E-state index is 11.4. The molecule has 0 saturated carbocycles. The van der Waals surface area contributed by atoms with Crippen molar-refractivity contribution >= 4 is 17.8 Å². The van der Waals surface area contributed by atoms with E-state index in [0.29, 0.717) is 0 Å². The van der Waals surface area contributed by atoms with Crippen molar-refractivity contribution in [3.63, 3.8) is 0 Å². The summed E-state index contributed by atoms with van der Waals surface area (Å²) >= 11 is 1.74. The molecule has 0 aromatic heterocycles. The molecule has 2 heterocycles. The molecule has 0 aliphatic carbocycles. The summed E-state index contributed by atoms with van der Waals surface area (Å²) in [6, 6.07) is -0.348. The van der Waals surface area contributed by atoms with Crippen LogP contribution in [0.3, 0.4) is 0 Å². The Morgan fingerprint density at radius 1 is 1.69 bits per heavy atom. The number of rotatable bonds is 1. The highest BCUT2D eigenvalue weighted by Gasteiger charge is 2.58. The van der Waals surface area contributed by atoms with Gasteiger partial charge in [0.2, 0.25) is 0 Å². The highest BCUT2D eigenvalue weighted by molar-refractivity contribution is 7.99. The summed E-state index contributed by atoms with van der Waals surface area (Å²) in [5, 5.41) is 5.51. The molecule has 2 fully saturated rings. The van der Waals surface area contributed by atoms with E-state index < -0.39 is 5.66 Å². The second-order valence-corrected chi connectivity index (χ2v) is 4.30. The van der Waals surface area contributed by atoms with Crippen LogP contribution < -0.4 is 17.0 Å². The van der Waals surface area contributed by atoms with Gasteiger partial charge in [0.15, 0.2) is 0 Å². The van der Waals surface area contributed by atoms with E-state index in [9.17, 15) is 4.79 Å². The maximum absolute atomic E-state index is 11.4. The topological polar surface area (TPSA) is 87.6 Å². The zero-order valence-corrected chi connectivity index (χ0v) is 8.17. The van der Waals surface area contributed by atoms with Crippen LogP contribution in [0.15, 0.2) is 0 Å². The van der Waals surface area contributed by atoms with Gasteiger partial charge in [0, 0.05) is 11.5 Å². The number of nitrogens with zero attached hydrogens (tertiary/aromatic N) is 2. The van der Waals surface area contributed by atoms with Crippen LogP contribution in [0.25, 0.3) is 0 Å². The predicted octanol–water partition coefficient (Wildman–Crippen LogP) is -1.50. The first-order chi connectivity index (χ1) is 6.13. The smallest absolute Gasteiger partial charge is 0.294 e. The largest absolute Gasteiger partial charge is 0.350 e. The SMILES string of the molecule is CN[C@]12CSC[C@H]1N(N)C(=O)N2N. The molecule has 2 atom stereocenters. The van der Waals surface area contributed by atoms with Crippen LogP contribution in [0.1, 0.15) is 0 Å². The molecular weight excluding hydrogens is 190 g/mol. The number of fused-ring (bicyclic) bond motifs is 1. The molecule has 5 N–H and O–H groups in total. The molecule has 0 aromatic carbocycles. The van der Waals surface area contributed by atoms with Crippen molar-refractivity contribution in [3.05, 3.63) is 0 Å². The van der Waals surface area contributed by atoms with Gasteiger partial charge in [-0.3, -0.25) is 10.3 Å². The quantitative estimate of drug-likeness (QED) is 0.274. The molecule has 6 nitrogen and oxygen atoms in total. The average Bonchev–Trinajstić information content (AvgIpc) is 2.64. The molecule has 0 unspecified atom stereocenters. The molecule has 0 bridgehead atoms. The summed E-state index contributed by atoms with van der Waals surface area (Å²) in [5.41, 5.74) is -0.476. The number of carbonyl (C=O) groups is 1. The van der Waals surface area contributed by atoms with Crippen LogP contribution in [0.5, 0.6) is 0 Å². The van der Waals surface area contributed by atoms with E-state index in [4.69, 9.17) is 11.7 Å². The Kier molecular flexibility index (Phi) is 1.91. The Balaban J connectivity index is 2.37. The molecule has 7 heteroatoms. The minimum atomic E-state index is -0.476. The third-order valence-electron chi connectivity index (χ3n) is 2.77. The lowest BCUT2D eigenvalue weighted by molar-refractivity contribution is 0.140. The summed E-state index contributed by atoms with van der Waals surface area (Å²) in [6.45, 7) is 0. The van der Waals surface area contributed by atoms with E-state index in [2.05, 4.69) is 5.32 Å². The van der Waals surface area contributed by atoms with Gasteiger partial charge in [-0.1, -0.05) is 0 Å². The Labute approximate surface area is 80.5 Å². The highest BCUT2D eigenvalue weighted by atomic mass is 32.2. The molecule has 2 rings (SSSR count). The number of likely N-dealkylation sites (N-methyl/N-ethyl adjacent to an activating group) is 1. The van der Waals surface area contributed by atoms with Crippen molar-refractivity contribution in [2.24, 2.45) is 11.7 Å². The molecule has 2 aliphatic heterocycles. The fourth-order valence-corrected chi connectivity index (χ4v) is 3.45. The van der Waals surface area contributed by atoms with E-state index in [1.54, 1.807) is 18.8 Å². The monoisotopic (exact) mass is 203 g/mol. The van der Waals surface area contributed by atoms with Gasteiger partial charge in [-0.25, -0.2) is 21.5 Å². The summed E-state index contributed by atoms with van der Waals surface area (Å²) in [6.07, 6.45) is 0. The third-order valence-corrected chi connectivity index (χ3v) is 3.97. The number of hydrogen-bond donors (Lipinski definition) is 3. The second kappa shape index (κ2) is 2.74. The van der Waals surface area contributed by atoms with E-state index in [-0.39, 0.29) is 12.1 Å². The summed E-state index contributed by atoms with van der Waals surface area (Å²) in [5.74, 6) is 12.9. The van der Waals surface area contributed by atoms with Crippen molar-refractivity contribution < 1.29 is 4.79 Å². The molecular formula is C6H13N5OS. The number of amides is 2. The van der Waals surface area contributed by atoms with Crippen molar-refractivity contribution in [1.82, 2.24) is 15.3 Å². The number of hydrazine groups is 2. The van der Waals surface area contributed by atoms with E-state index in [1.807, 2.05) is 0 Å². The van der Waals surface area contributed by atoms with E-state index >= 15 is 0 Å². The summed E-state index contributed by atoms with van der Waals surface area (Å²) in [4.78, 5) is 11.4. The van der Waals surface area contributed by atoms with Crippen LogP contribution in [-0.4, -0.2) is 46.3 Å². The minimum Gasteiger partial charge on any atom is -0.294 e. The summed E-state index contributed by atoms with van der Waals surface area (Å²) < 4.78 is 0. The summed E-state index contributed by atoms with van der Waals surface area (Å²) in [7, 11) is 1.80. The Hall–Kier alpha value is -0.500. The number of hydrogen-bond acceptors (Lipinski definition) is 5. The Morgan fingerprint density at radius 3 is 2.92 bits per heavy atom. The van der Waals surface area contributed by atoms with Crippen molar-refractivity contribution in [3.8, 4) is 0 Å². The number of nitrogens with two attached hydrogens (primary N) is 2. The molecule has 0 spiro atoms.